The summed E-state index contributed by atoms with van der Waals surface area (Å²) in [6.45, 7) is 4.16. The lowest BCUT2D eigenvalue weighted by atomic mass is 10.2. The molecule has 0 amide bonds. The van der Waals surface area contributed by atoms with E-state index < -0.39 is 0 Å². The van der Waals surface area contributed by atoms with Crippen LogP contribution in [0.4, 0.5) is 4.39 Å². The first-order chi connectivity index (χ1) is 9.08. The fourth-order valence-corrected chi connectivity index (χ4v) is 3.58. The van der Waals surface area contributed by atoms with Gasteiger partial charge < -0.3 is 9.55 Å². The van der Waals surface area contributed by atoms with Crippen molar-refractivity contribution in [1.82, 2.24) is 9.55 Å². The number of thiophene rings is 1. The number of hydrogen-bond acceptors (Lipinski definition) is 2. The maximum Gasteiger partial charge on any atom is 0.178 e. The highest BCUT2D eigenvalue weighted by Gasteiger charge is 2.15. The number of halogens is 1. The van der Waals surface area contributed by atoms with E-state index in [4.69, 9.17) is 12.2 Å². The van der Waals surface area contributed by atoms with Gasteiger partial charge in [0.25, 0.3) is 0 Å². The summed E-state index contributed by atoms with van der Waals surface area (Å²) in [5.41, 5.74) is 1.29. The number of H-pyrrole nitrogens is 1. The molecule has 98 valence electrons. The molecule has 0 aliphatic carbocycles. The molecule has 0 radical (unpaired) electrons. The quantitative estimate of drug-likeness (QED) is 0.672. The van der Waals surface area contributed by atoms with Crippen LogP contribution in [0.25, 0.3) is 11.0 Å². The second-order valence-corrected chi connectivity index (χ2v) is 6.26. The minimum atomic E-state index is -0.267. The summed E-state index contributed by atoms with van der Waals surface area (Å²) >= 11 is 7.08. The first-order valence-corrected chi connectivity index (χ1v) is 7.25. The third-order valence-corrected chi connectivity index (χ3v) is 4.73. The summed E-state index contributed by atoms with van der Waals surface area (Å²) in [6, 6.07) is 9.34. The third kappa shape index (κ3) is 2.03. The predicted molar refractivity (Wildman–Crippen MR) is 79.9 cm³/mol. The highest BCUT2D eigenvalue weighted by molar-refractivity contribution is 7.71. The molecule has 0 spiro atoms. The summed E-state index contributed by atoms with van der Waals surface area (Å²) < 4.78 is 16.3. The lowest BCUT2D eigenvalue weighted by molar-refractivity contribution is 0.637. The second kappa shape index (κ2) is 4.58. The lowest BCUT2D eigenvalue weighted by Crippen LogP contribution is -2.04. The van der Waals surface area contributed by atoms with Gasteiger partial charge in [-0.3, -0.25) is 0 Å². The van der Waals surface area contributed by atoms with Crippen molar-refractivity contribution in [1.29, 1.82) is 0 Å². The molecule has 19 heavy (non-hydrogen) atoms. The van der Waals surface area contributed by atoms with Crippen molar-refractivity contribution in [2.24, 2.45) is 0 Å². The van der Waals surface area contributed by atoms with E-state index in [2.05, 4.69) is 31.0 Å². The van der Waals surface area contributed by atoms with Gasteiger partial charge in [-0.05, 0) is 50.3 Å². The van der Waals surface area contributed by atoms with Crippen LogP contribution in [0.15, 0.2) is 30.3 Å². The lowest BCUT2D eigenvalue weighted by Gasteiger charge is -2.12. The minimum Gasteiger partial charge on any atom is -0.328 e. The van der Waals surface area contributed by atoms with Gasteiger partial charge in [0.2, 0.25) is 0 Å². The Morgan fingerprint density at radius 3 is 2.79 bits per heavy atom. The zero-order valence-electron chi connectivity index (χ0n) is 10.6. The molecule has 3 aromatic rings. The van der Waals surface area contributed by atoms with Crippen molar-refractivity contribution in [3.63, 3.8) is 0 Å². The Bertz CT molecular complexity index is 797. The average Bonchev–Trinajstić information content (AvgIpc) is 2.93. The number of nitrogens with one attached hydrogen (secondary N) is 1. The summed E-state index contributed by atoms with van der Waals surface area (Å²) in [6.07, 6.45) is 0. The van der Waals surface area contributed by atoms with Crippen molar-refractivity contribution in [3.8, 4) is 0 Å². The van der Waals surface area contributed by atoms with Crippen molar-refractivity contribution in [2.75, 3.05) is 0 Å². The van der Waals surface area contributed by atoms with Gasteiger partial charge in [-0.1, -0.05) is 6.07 Å². The van der Waals surface area contributed by atoms with Crippen LogP contribution in [0.3, 0.4) is 0 Å². The van der Waals surface area contributed by atoms with Gasteiger partial charge >= 0.3 is 0 Å². The van der Waals surface area contributed by atoms with Gasteiger partial charge in [0.1, 0.15) is 11.3 Å². The number of aromatic nitrogens is 2. The topological polar surface area (TPSA) is 20.7 Å². The zero-order valence-corrected chi connectivity index (χ0v) is 12.2. The van der Waals surface area contributed by atoms with E-state index in [0.29, 0.717) is 10.3 Å². The van der Waals surface area contributed by atoms with Crippen LogP contribution in [-0.2, 0) is 0 Å². The standard InChI is InChI=1S/C14H13FN2S2/c1-8-6-7-12(19-8)9(2)17-11-5-3-4-10(15)13(11)16-14(17)18/h3-7,9H,1-2H3,(H,16,18). The molecular formula is C14H13FN2S2. The number of hydrogen-bond donors (Lipinski definition) is 1. The highest BCUT2D eigenvalue weighted by Crippen LogP contribution is 2.29. The third-order valence-electron chi connectivity index (χ3n) is 3.26. The monoisotopic (exact) mass is 292 g/mol. The Hall–Kier alpha value is -1.46. The fourth-order valence-electron chi connectivity index (χ4n) is 2.30. The largest absolute Gasteiger partial charge is 0.328 e. The second-order valence-electron chi connectivity index (χ2n) is 4.56. The van der Waals surface area contributed by atoms with Crippen molar-refractivity contribution < 1.29 is 4.39 Å². The normalized spacial score (nSPS) is 13.0. The molecule has 1 unspecified atom stereocenters. The van der Waals surface area contributed by atoms with E-state index in [-0.39, 0.29) is 11.9 Å². The maximum absolute atomic E-state index is 13.8. The van der Waals surface area contributed by atoms with Crippen molar-refractivity contribution >= 4 is 34.6 Å². The van der Waals surface area contributed by atoms with Crippen LogP contribution >= 0.6 is 23.6 Å². The summed E-state index contributed by atoms with van der Waals surface area (Å²) in [5.74, 6) is -0.267. The van der Waals surface area contributed by atoms with Gasteiger partial charge in [0.15, 0.2) is 4.77 Å². The number of fused-ring (bicyclic) bond motifs is 1. The molecule has 1 N–H and O–H groups in total. The number of aromatic amines is 1. The number of benzene rings is 1. The molecule has 1 aromatic carbocycles. The molecule has 0 aliphatic heterocycles. The van der Waals surface area contributed by atoms with Gasteiger partial charge in [0.05, 0.1) is 11.6 Å². The predicted octanol–water partition coefficient (Wildman–Crippen LogP) is 4.82. The van der Waals surface area contributed by atoms with Crippen LogP contribution in [-0.4, -0.2) is 9.55 Å². The van der Waals surface area contributed by atoms with Crippen molar-refractivity contribution in [2.45, 2.75) is 19.9 Å². The highest BCUT2D eigenvalue weighted by atomic mass is 32.1. The van der Waals surface area contributed by atoms with Gasteiger partial charge in [-0.2, -0.15) is 0 Å². The molecule has 1 atom stereocenters. The number of aryl methyl sites for hydroxylation is 1. The van der Waals surface area contributed by atoms with E-state index in [1.54, 1.807) is 17.4 Å². The Labute approximate surface area is 119 Å². The van der Waals surface area contributed by atoms with Crippen LogP contribution in [0.1, 0.15) is 22.7 Å². The van der Waals surface area contributed by atoms with E-state index in [0.717, 1.165) is 5.52 Å². The van der Waals surface area contributed by atoms with E-state index in [9.17, 15) is 4.39 Å². The number of nitrogens with zero attached hydrogens (tertiary/aromatic N) is 1. The zero-order chi connectivity index (χ0) is 13.6. The molecule has 2 nitrogen and oxygen atoms in total. The van der Waals surface area contributed by atoms with Crippen LogP contribution in [0, 0.1) is 17.5 Å². The molecule has 2 aromatic heterocycles. The molecule has 0 saturated heterocycles. The van der Waals surface area contributed by atoms with Crippen LogP contribution in [0.5, 0.6) is 0 Å². The summed E-state index contributed by atoms with van der Waals surface area (Å²) in [4.78, 5) is 5.44. The van der Waals surface area contributed by atoms with E-state index in [1.165, 1.54) is 15.8 Å². The first-order valence-electron chi connectivity index (χ1n) is 6.03. The summed E-state index contributed by atoms with van der Waals surface area (Å²) in [5, 5.41) is 0. The number of imidazole rings is 1. The maximum atomic E-state index is 13.8. The van der Waals surface area contributed by atoms with Gasteiger partial charge in [0, 0.05) is 9.75 Å². The van der Waals surface area contributed by atoms with Gasteiger partial charge in [-0.15, -0.1) is 11.3 Å². The molecule has 0 aliphatic rings. The first kappa shape index (κ1) is 12.6. The number of rotatable bonds is 2. The smallest absolute Gasteiger partial charge is 0.178 e. The van der Waals surface area contributed by atoms with Gasteiger partial charge in [-0.25, -0.2) is 4.39 Å². The molecule has 0 saturated carbocycles. The molecule has 0 fully saturated rings. The fraction of sp³-hybridized carbons (Fsp3) is 0.214. The van der Waals surface area contributed by atoms with Crippen LogP contribution < -0.4 is 0 Å². The Morgan fingerprint density at radius 1 is 1.32 bits per heavy atom. The average molecular weight is 292 g/mol. The molecule has 3 rings (SSSR count). The van der Waals surface area contributed by atoms with Crippen molar-refractivity contribution in [3.05, 3.63) is 50.7 Å². The molecule has 5 heteroatoms. The van der Waals surface area contributed by atoms with Crippen LogP contribution in [0.2, 0.25) is 0 Å². The molecular weight excluding hydrogens is 279 g/mol. The van der Waals surface area contributed by atoms with E-state index in [1.807, 2.05) is 10.6 Å². The SMILES string of the molecule is Cc1ccc(C(C)n2c(=S)[nH]c3c(F)cccc32)s1. The Balaban J connectivity index is 2.23. The Kier molecular flexibility index (Phi) is 3.03. The molecule has 0 bridgehead atoms. The van der Waals surface area contributed by atoms with E-state index >= 15 is 0 Å². The molecule has 2 heterocycles. The number of para-hydroxylation sites is 1. The summed E-state index contributed by atoms with van der Waals surface area (Å²) in [7, 11) is 0. The Morgan fingerprint density at radius 2 is 2.11 bits per heavy atom. The minimum absolute atomic E-state index is 0.0988.